The second-order valence-corrected chi connectivity index (χ2v) is 6.28. The maximum Gasteiger partial charge on any atom is 0.276 e. The highest BCUT2D eigenvalue weighted by Gasteiger charge is 2.13. The smallest absolute Gasteiger partial charge is 0.276 e. The summed E-state index contributed by atoms with van der Waals surface area (Å²) in [6.07, 6.45) is 5.67. The summed E-state index contributed by atoms with van der Waals surface area (Å²) in [6.45, 7) is 3.09. The molecule has 142 valence electrons. The molecule has 7 heteroatoms. The zero-order valence-corrected chi connectivity index (χ0v) is 15.6. The largest absolute Gasteiger partial charge is 0.493 e. The number of amides is 1. The Balaban J connectivity index is 1.92. The number of benzene rings is 1. The molecule has 1 amide bonds. The summed E-state index contributed by atoms with van der Waals surface area (Å²) in [7, 11) is 1.58. The van der Waals surface area contributed by atoms with Crippen molar-refractivity contribution < 1.29 is 9.53 Å². The zero-order chi connectivity index (χ0) is 19.2. The van der Waals surface area contributed by atoms with Gasteiger partial charge in [-0.15, -0.1) is 0 Å². The molecule has 27 heavy (non-hydrogen) atoms. The molecule has 1 N–H and O–H groups in total. The first-order valence-electron chi connectivity index (χ1n) is 9.15. The van der Waals surface area contributed by atoms with E-state index < -0.39 is 0 Å². The molecular weight excluding hydrogens is 344 g/mol. The van der Waals surface area contributed by atoms with Crippen molar-refractivity contribution in [2.24, 2.45) is 0 Å². The van der Waals surface area contributed by atoms with Crippen LogP contribution in [0.5, 0.6) is 5.75 Å². The van der Waals surface area contributed by atoms with Gasteiger partial charge in [-0.3, -0.25) is 9.59 Å². The first kappa shape index (κ1) is 18.7. The number of para-hydroxylation sites is 1. The van der Waals surface area contributed by atoms with Gasteiger partial charge in [0, 0.05) is 38.0 Å². The number of ether oxygens (including phenoxy) is 1. The van der Waals surface area contributed by atoms with E-state index in [2.05, 4.69) is 17.3 Å². The summed E-state index contributed by atoms with van der Waals surface area (Å²) in [6, 6.07) is 9.46. The first-order valence-corrected chi connectivity index (χ1v) is 9.15. The minimum Gasteiger partial charge on any atom is -0.493 e. The molecule has 7 nitrogen and oxygen atoms in total. The Hall–Kier alpha value is -3.09. The molecule has 0 spiro atoms. The van der Waals surface area contributed by atoms with Crippen molar-refractivity contribution in [3.05, 3.63) is 53.1 Å². The Morgan fingerprint density at radius 1 is 1.26 bits per heavy atom. The number of hydrogen-bond acceptors (Lipinski definition) is 4. The van der Waals surface area contributed by atoms with Crippen LogP contribution in [0.4, 0.5) is 0 Å². The molecule has 0 aliphatic carbocycles. The van der Waals surface area contributed by atoms with Gasteiger partial charge in [0.1, 0.15) is 11.3 Å². The number of unbranched alkanes of at least 4 members (excludes halogenated alkanes) is 1. The van der Waals surface area contributed by atoms with Gasteiger partial charge in [-0.2, -0.15) is 5.10 Å². The number of hydrogen-bond donors (Lipinski definition) is 1. The molecule has 0 aliphatic rings. The van der Waals surface area contributed by atoms with Crippen LogP contribution in [-0.4, -0.2) is 33.7 Å². The van der Waals surface area contributed by atoms with Crippen molar-refractivity contribution in [3.63, 3.8) is 0 Å². The molecule has 3 aromatic rings. The molecule has 2 heterocycles. The van der Waals surface area contributed by atoms with Gasteiger partial charge < -0.3 is 14.6 Å². The molecule has 0 atom stereocenters. The van der Waals surface area contributed by atoms with E-state index >= 15 is 0 Å². The third kappa shape index (κ3) is 4.19. The topological polar surface area (TPSA) is 77.6 Å². The summed E-state index contributed by atoms with van der Waals surface area (Å²) >= 11 is 0. The van der Waals surface area contributed by atoms with Crippen LogP contribution >= 0.6 is 0 Å². The van der Waals surface area contributed by atoms with E-state index in [9.17, 15) is 9.59 Å². The van der Waals surface area contributed by atoms with E-state index in [1.165, 1.54) is 4.57 Å². The van der Waals surface area contributed by atoms with Crippen LogP contribution in [0.25, 0.3) is 16.8 Å². The van der Waals surface area contributed by atoms with Crippen LogP contribution in [0.1, 0.15) is 26.2 Å². The van der Waals surface area contributed by atoms with Crippen LogP contribution in [0, 0.1) is 0 Å². The van der Waals surface area contributed by atoms with E-state index in [4.69, 9.17) is 4.74 Å². The van der Waals surface area contributed by atoms with Gasteiger partial charge in [0.2, 0.25) is 5.91 Å². The molecule has 0 saturated heterocycles. The molecule has 0 radical (unpaired) electrons. The SMILES string of the molecule is CCCCOc1ccccc1-c1cc2c(=O)n(CCC(=O)NC)ccn2n1. The Bertz CT molecular complexity index is 990. The van der Waals surface area contributed by atoms with Gasteiger partial charge in [-0.25, -0.2) is 4.52 Å². The van der Waals surface area contributed by atoms with Gasteiger partial charge in [-0.05, 0) is 24.6 Å². The maximum atomic E-state index is 12.7. The normalized spacial score (nSPS) is 10.9. The van der Waals surface area contributed by atoms with E-state index in [0.29, 0.717) is 24.4 Å². The first-order chi connectivity index (χ1) is 13.1. The van der Waals surface area contributed by atoms with Crippen LogP contribution in [-0.2, 0) is 11.3 Å². The molecule has 0 aliphatic heterocycles. The fraction of sp³-hybridized carbons (Fsp3) is 0.350. The lowest BCUT2D eigenvalue weighted by Crippen LogP contribution is -2.25. The van der Waals surface area contributed by atoms with Crippen LogP contribution in [0.3, 0.4) is 0 Å². The van der Waals surface area contributed by atoms with E-state index in [-0.39, 0.29) is 17.9 Å². The van der Waals surface area contributed by atoms with Gasteiger partial charge in [0.05, 0.1) is 12.3 Å². The van der Waals surface area contributed by atoms with Crippen LogP contribution in [0.15, 0.2) is 47.5 Å². The molecule has 2 aromatic heterocycles. The lowest BCUT2D eigenvalue weighted by molar-refractivity contribution is -0.120. The molecule has 1 aromatic carbocycles. The summed E-state index contributed by atoms with van der Waals surface area (Å²) in [5.41, 5.74) is 1.83. The number of nitrogens with zero attached hydrogens (tertiary/aromatic N) is 3. The van der Waals surface area contributed by atoms with Gasteiger partial charge in [0.15, 0.2) is 0 Å². The lowest BCUT2D eigenvalue weighted by Gasteiger charge is -2.09. The van der Waals surface area contributed by atoms with Crippen molar-refractivity contribution in [1.82, 2.24) is 19.5 Å². The molecular formula is C20H24N4O3. The number of aromatic nitrogens is 3. The Morgan fingerprint density at radius 2 is 2.07 bits per heavy atom. The fourth-order valence-electron chi connectivity index (χ4n) is 2.81. The predicted octanol–water partition coefficient (Wildman–Crippen LogP) is 2.48. The highest BCUT2D eigenvalue weighted by Crippen LogP contribution is 2.29. The van der Waals surface area contributed by atoms with Crippen LogP contribution in [0.2, 0.25) is 0 Å². The average Bonchev–Trinajstić information content (AvgIpc) is 3.13. The average molecular weight is 368 g/mol. The monoisotopic (exact) mass is 368 g/mol. The lowest BCUT2D eigenvalue weighted by atomic mass is 10.1. The van der Waals surface area contributed by atoms with Gasteiger partial charge in [-0.1, -0.05) is 25.5 Å². The summed E-state index contributed by atoms with van der Waals surface area (Å²) in [4.78, 5) is 24.1. The summed E-state index contributed by atoms with van der Waals surface area (Å²) in [5, 5.41) is 7.09. The number of nitrogens with one attached hydrogen (secondary N) is 1. The van der Waals surface area contributed by atoms with E-state index in [1.54, 1.807) is 30.0 Å². The second kappa shape index (κ2) is 8.53. The molecule has 0 bridgehead atoms. The van der Waals surface area contributed by atoms with E-state index in [0.717, 1.165) is 24.2 Å². The number of rotatable bonds is 8. The minimum absolute atomic E-state index is 0.103. The maximum absolute atomic E-state index is 12.7. The molecule has 0 fully saturated rings. The van der Waals surface area contributed by atoms with Gasteiger partial charge >= 0.3 is 0 Å². The Morgan fingerprint density at radius 3 is 2.85 bits per heavy atom. The van der Waals surface area contributed by atoms with Crippen molar-refractivity contribution in [3.8, 4) is 17.0 Å². The highest BCUT2D eigenvalue weighted by molar-refractivity contribution is 5.75. The molecule has 3 rings (SSSR count). The van der Waals surface area contributed by atoms with E-state index in [1.807, 2.05) is 24.3 Å². The molecule has 0 saturated carbocycles. The number of fused-ring (bicyclic) bond motifs is 1. The fourth-order valence-corrected chi connectivity index (χ4v) is 2.81. The third-order valence-corrected chi connectivity index (χ3v) is 4.38. The van der Waals surface area contributed by atoms with Crippen molar-refractivity contribution in [2.45, 2.75) is 32.7 Å². The second-order valence-electron chi connectivity index (χ2n) is 6.28. The quantitative estimate of drug-likeness (QED) is 0.620. The Kier molecular flexibility index (Phi) is 5.90. The summed E-state index contributed by atoms with van der Waals surface area (Å²) in [5.74, 6) is 0.656. The number of carbonyl (C=O) groups excluding carboxylic acids is 1. The zero-order valence-electron chi connectivity index (χ0n) is 15.6. The third-order valence-electron chi connectivity index (χ3n) is 4.38. The predicted molar refractivity (Wildman–Crippen MR) is 104 cm³/mol. The van der Waals surface area contributed by atoms with Gasteiger partial charge in [0.25, 0.3) is 5.56 Å². The highest BCUT2D eigenvalue weighted by atomic mass is 16.5. The summed E-state index contributed by atoms with van der Waals surface area (Å²) < 4.78 is 8.98. The van der Waals surface area contributed by atoms with Crippen molar-refractivity contribution in [1.29, 1.82) is 0 Å². The Labute approximate surface area is 157 Å². The number of carbonyl (C=O) groups is 1. The standard InChI is InChI=1S/C20H24N4O3/c1-3-4-13-27-18-8-6-5-7-15(18)16-14-17-20(26)23(10-9-19(25)21-2)11-12-24(17)22-16/h5-8,11-12,14H,3-4,9-10,13H2,1-2H3,(H,21,25). The number of aryl methyl sites for hydroxylation is 1. The minimum atomic E-state index is -0.176. The van der Waals surface area contributed by atoms with Crippen molar-refractivity contribution in [2.75, 3.05) is 13.7 Å². The van der Waals surface area contributed by atoms with Crippen molar-refractivity contribution >= 4 is 11.4 Å². The molecule has 0 unspecified atom stereocenters. The van der Waals surface area contributed by atoms with Crippen LogP contribution < -0.4 is 15.6 Å².